The van der Waals surface area contributed by atoms with E-state index in [4.69, 9.17) is 10.7 Å². The summed E-state index contributed by atoms with van der Waals surface area (Å²) in [7, 11) is 0. The molecule has 0 fully saturated rings. The van der Waals surface area contributed by atoms with E-state index < -0.39 is 6.17 Å². The largest absolute Gasteiger partial charge is 0.346 e. The Morgan fingerprint density at radius 3 is 1.55 bits per heavy atom. The number of para-hydroxylation sites is 3. The second-order valence-electron chi connectivity index (χ2n) is 13.5. The van der Waals surface area contributed by atoms with Gasteiger partial charge in [-0.05, 0) is 95.1 Å². The Hall–Kier alpha value is -6.95. The normalized spacial score (nSPS) is 12.7. The van der Waals surface area contributed by atoms with Crippen molar-refractivity contribution in [3.05, 3.63) is 199 Å². The highest BCUT2D eigenvalue weighted by atomic mass is 15.0. The summed E-state index contributed by atoms with van der Waals surface area (Å²) in [6, 6.07) is 64.4. The number of hydrogen-bond donors (Lipinski definition) is 2. The van der Waals surface area contributed by atoms with E-state index in [1.54, 1.807) is 0 Å². The van der Waals surface area contributed by atoms with Crippen molar-refractivity contribution in [3.63, 3.8) is 0 Å². The number of aromatic amines is 1. The molecule has 53 heavy (non-hydrogen) atoms. The van der Waals surface area contributed by atoms with Crippen LogP contribution in [0.25, 0.3) is 77.2 Å². The highest BCUT2D eigenvalue weighted by Crippen LogP contribution is 2.38. The molecule has 5 nitrogen and oxygen atoms in total. The topological polar surface area (TPSA) is 64.0 Å². The van der Waals surface area contributed by atoms with Crippen molar-refractivity contribution in [1.29, 1.82) is 0 Å². The Balaban J connectivity index is 1.04. The van der Waals surface area contributed by atoms with Crippen LogP contribution in [0.2, 0.25) is 0 Å². The third-order valence-corrected chi connectivity index (χ3v) is 10.4. The van der Waals surface area contributed by atoms with E-state index in [2.05, 4.69) is 172 Å². The first-order valence-corrected chi connectivity index (χ1v) is 18.0. The van der Waals surface area contributed by atoms with E-state index in [1.165, 1.54) is 43.7 Å². The van der Waals surface area contributed by atoms with Crippen molar-refractivity contribution in [2.75, 3.05) is 0 Å². The van der Waals surface area contributed by atoms with Gasteiger partial charge in [-0.2, -0.15) is 0 Å². The number of H-pyrrole nitrogens is 1. The Morgan fingerprint density at radius 1 is 0.434 bits per heavy atom. The van der Waals surface area contributed by atoms with Gasteiger partial charge in [0.15, 0.2) is 0 Å². The summed E-state index contributed by atoms with van der Waals surface area (Å²) < 4.78 is 4.70. The lowest BCUT2D eigenvalue weighted by molar-refractivity contribution is 0.739. The number of nitrogens with zero attached hydrogens (tertiary/aromatic N) is 3. The van der Waals surface area contributed by atoms with E-state index in [-0.39, 0.29) is 0 Å². The highest BCUT2D eigenvalue weighted by molar-refractivity contribution is 6.12. The van der Waals surface area contributed by atoms with Crippen LogP contribution >= 0.6 is 0 Å². The molecule has 3 heterocycles. The molecule has 252 valence electrons. The average Bonchev–Trinajstić information content (AvgIpc) is 3.74. The highest BCUT2D eigenvalue weighted by Gasteiger charge is 2.16. The SMILES string of the molecule is NC(/N=c1\[nH]cccc1-c1ccccc1)c1ccc(-n2c3ccccc3c3cc(-c4ccc5c(c4)c4ccccc4n5-c4ccccc4)ccc32)cc1. The lowest BCUT2D eigenvalue weighted by atomic mass is 10.0. The summed E-state index contributed by atoms with van der Waals surface area (Å²) >= 11 is 0. The Kier molecular flexibility index (Phi) is 7.37. The second kappa shape index (κ2) is 12.7. The van der Waals surface area contributed by atoms with Crippen molar-refractivity contribution in [2.45, 2.75) is 6.17 Å². The number of rotatable bonds is 6. The Labute approximate surface area is 306 Å². The molecule has 3 N–H and O–H groups in total. The first kappa shape index (κ1) is 30.8. The molecule has 0 aliphatic heterocycles. The van der Waals surface area contributed by atoms with Gasteiger partial charge in [0.25, 0.3) is 0 Å². The number of aromatic nitrogens is 3. The van der Waals surface area contributed by atoms with Crippen LogP contribution in [0.5, 0.6) is 0 Å². The number of fused-ring (bicyclic) bond motifs is 6. The fraction of sp³-hybridized carbons (Fsp3) is 0.0208. The first-order chi connectivity index (χ1) is 26.2. The van der Waals surface area contributed by atoms with Crippen LogP contribution in [-0.4, -0.2) is 14.1 Å². The molecule has 3 aromatic heterocycles. The van der Waals surface area contributed by atoms with Gasteiger partial charge in [0.05, 0.1) is 22.1 Å². The lowest BCUT2D eigenvalue weighted by Crippen LogP contribution is -2.17. The number of hydrogen-bond acceptors (Lipinski definition) is 2. The summed E-state index contributed by atoms with van der Waals surface area (Å²) in [5, 5.41) is 4.93. The molecule has 0 spiro atoms. The lowest BCUT2D eigenvalue weighted by Gasteiger charge is -2.12. The van der Waals surface area contributed by atoms with Crippen LogP contribution < -0.4 is 11.2 Å². The van der Waals surface area contributed by atoms with Gasteiger partial charge in [-0.3, -0.25) is 0 Å². The number of nitrogens with one attached hydrogen (secondary N) is 1. The van der Waals surface area contributed by atoms with E-state index in [0.717, 1.165) is 44.6 Å². The molecule has 7 aromatic carbocycles. The maximum atomic E-state index is 6.70. The fourth-order valence-electron chi connectivity index (χ4n) is 7.86. The van der Waals surface area contributed by atoms with Crippen molar-refractivity contribution in [3.8, 4) is 33.6 Å². The van der Waals surface area contributed by atoms with Gasteiger partial charge < -0.3 is 19.9 Å². The molecule has 0 aliphatic carbocycles. The first-order valence-electron chi connectivity index (χ1n) is 18.0. The quantitative estimate of drug-likeness (QED) is 0.180. The molecular weight excluding hydrogens is 647 g/mol. The summed E-state index contributed by atoms with van der Waals surface area (Å²) in [5.74, 6) is 0. The molecule has 5 heteroatoms. The van der Waals surface area contributed by atoms with Crippen LogP contribution in [0.3, 0.4) is 0 Å². The third kappa shape index (κ3) is 5.25. The maximum absolute atomic E-state index is 6.70. The van der Waals surface area contributed by atoms with Crippen LogP contribution in [0, 0.1) is 0 Å². The van der Waals surface area contributed by atoms with Gasteiger partial charge in [-0.25, -0.2) is 4.99 Å². The molecule has 1 unspecified atom stereocenters. The minimum absolute atomic E-state index is 0.523. The van der Waals surface area contributed by atoms with Gasteiger partial charge in [0.2, 0.25) is 0 Å². The summed E-state index contributed by atoms with van der Waals surface area (Å²) in [6.07, 6.45) is 1.36. The molecule has 0 saturated heterocycles. The molecule has 10 rings (SSSR count). The molecule has 0 bridgehead atoms. The van der Waals surface area contributed by atoms with Crippen LogP contribution in [0.4, 0.5) is 0 Å². The van der Waals surface area contributed by atoms with Crippen LogP contribution in [-0.2, 0) is 0 Å². The molecule has 10 aromatic rings. The zero-order valence-electron chi connectivity index (χ0n) is 28.9. The van der Waals surface area contributed by atoms with Crippen molar-refractivity contribution >= 4 is 43.6 Å². The molecule has 1 atom stereocenters. The van der Waals surface area contributed by atoms with E-state index in [0.29, 0.717) is 0 Å². The van der Waals surface area contributed by atoms with Gasteiger partial charge in [-0.15, -0.1) is 0 Å². The van der Waals surface area contributed by atoms with Crippen molar-refractivity contribution < 1.29 is 0 Å². The van der Waals surface area contributed by atoms with Gasteiger partial charge in [0, 0.05) is 44.7 Å². The van der Waals surface area contributed by atoms with E-state index in [9.17, 15) is 0 Å². The molecule has 0 amide bonds. The monoisotopic (exact) mass is 681 g/mol. The van der Waals surface area contributed by atoms with Crippen LogP contribution in [0.15, 0.2) is 193 Å². The summed E-state index contributed by atoms with van der Waals surface area (Å²) in [4.78, 5) is 8.20. The van der Waals surface area contributed by atoms with E-state index in [1.807, 2.05) is 30.5 Å². The molecule has 0 aliphatic rings. The van der Waals surface area contributed by atoms with Gasteiger partial charge in [-0.1, -0.05) is 109 Å². The predicted molar refractivity (Wildman–Crippen MR) is 219 cm³/mol. The standard InChI is InChI=1S/C48H35N5/c49-47(51-48-38(18-11-29-50-48)32-12-3-1-4-13-32)33-21-25-37(26-22-33)53-44-20-10-8-17-40(44)42-31-35(24-28-46(42)53)34-23-27-45-41(30-34)39-16-7-9-19-43(39)52(45)36-14-5-2-6-15-36/h1-31,47H,49H2,(H,50,51). The number of nitrogens with two attached hydrogens (primary N) is 1. The minimum Gasteiger partial charge on any atom is -0.346 e. The zero-order chi connectivity index (χ0) is 35.3. The third-order valence-electron chi connectivity index (χ3n) is 10.4. The maximum Gasteiger partial charge on any atom is 0.134 e. The number of benzene rings is 7. The second-order valence-corrected chi connectivity index (χ2v) is 13.5. The predicted octanol–water partition coefficient (Wildman–Crippen LogP) is 11.1. The summed E-state index contributed by atoms with van der Waals surface area (Å²) in [5.41, 5.74) is 19.9. The Bertz CT molecular complexity index is 3000. The zero-order valence-corrected chi connectivity index (χ0v) is 28.9. The minimum atomic E-state index is -0.523. The molecule has 0 saturated carbocycles. The summed E-state index contributed by atoms with van der Waals surface area (Å²) in [6.45, 7) is 0. The number of pyridine rings is 1. The van der Waals surface area contributed by atoms with Gasteiger partial charge >= 0.3 is 0 Å². The van der Waals surface area contributed by atoms with Crippen LogP contribution in [0.1, 0.15) is 11.7 Å². The fourth-order valence-corrected chi connectivity index (χ4v) is 7.86. The van der Waals surface area contributed by atoms with Gasteiger partial charge in [0.1, 0.15) is 11.7 Å². The van der Waals surface area contributed by atoms with Crippen molar-refractivity contribution in [2.24, 2.45) is 10.7 Å². The van der Waals surface area contributed by atoms with E-state index >= 15 is 0 Å². The Morgan fingerprint density at radius 2 is 0.943 bits per heavy atom. The average molecular weight is 682 g/mol. The smallest absolute Gasteiger partial charge is 0.134 e. The molecular formula is C48H35N5. The molecule has 0 radical (unpaired) electrons. The van der Waals surface area contributed by atoms with Crippen molar-refractivity contribution in [1.82, 2.24) is 14.1 Å².